The van der Waals surface area contributed by atoms with Crippen LogP contribution >= 0.6 is 0 Å². The Bertz CT molecular complexity index is 865. The van der Waals surface area contributed by atoms with Gasteiger partial charge in [-0.1, -0.05) is 26.0 Å². The van der Waals surface area contributed by atoms with Crippen LogP contribution in [0.4, 0.5) is 15.8 Å². The van der Waals surface area contributed by atoms with Crippen LogP contribution in [0, 0.1) is 11.2 Å². The zero-order valence-corrected chi connectivity index (χ0v) is 15.1. The summed E-state index contributed by atoms with van der Waals surface area (Å²) in [6, 6.07) is 11.8. The van der Waals surface area contributed by atoms with Gasteiger partial charge in [0.25, 0.3) is 5.91 Å². The first-order valence-electron chi connectivity index (χ1n) is 8.33. The van der Waals surface area contributed by atoms with Crippen molar-refractivity contribution >= 4 is 29.2 Å². The van der Waals surface area contributed by atoms with Crippen molar-refractivity contribution in [2.45, 2.75) is 26.7 Å². The van der Waals surface area contributed by atoms with E-state index in [0.717, 1.165) is 0 Å². The fourth-order valence-corrected chi connectivity index (χ4v) is 2.62. The van der Waals surface area contributed by atoms with Crippen molar-refractivity contribution in [2.75, 3.05) is 10.6 Å². The molecule has 27 heavy (non-hydrogen) atoms. The van der Waals surface area contributed by atoms with Gasteiger partial charge >= 0.3 is 5.97 Å². The summed E-state index contributed by atoms with van der Waals surface area (Å²) in [7, 11) is 0. The fraction of sp³-hybridized carbons (Fsp3) is 0.250. The van der Waals surface area contributed by atoms with Gasteiger partial charge in [-0.2, -0.15) is 0 Å². The van der Waals surface area contributed by atoms with E-state index in [2.05, 4.69) is 10.6 Å². The molecular weight excluding hydrogens is 351 g/mol. The van der Waals surface area contributed by atoms with Gasteiger partial charge in [-0.15, -0.1) is 0 Å². The second-order valence-corrected chi connectivity index (χ2v) is 7.00. The van der Waals surface area contributed by atoms with Crippen LogP contribution in [0.15, 0.2) is 48.5 Å². The molecule has 0 atom stereocenters. The third-order valence-electron chi connectivity index (χ3n) is 3.76. The van der Waals surface area contributed by atoms with Crippen molar-refractivity contribution in [2.24, 2.45) is 5.41 Å². The number of benzene rings is 2. The highest BCUT2D eigenvalue weighted by Crippen LogP contribution is 2.25. The second kappa shape index (κ2) is 8.44. The molecule has 0 fully saturated rings. The molecule has 0 spiro atoms. The van der Waals surface area contributed by atoms with E-state index in [9.17, 15) is 18.8 Å². The standard InChI is InChI=1S/C20H21FN2O4/c1-20(2,12-18(25)26)11-17(24)22-15-7-3-5-13(9-15)19(27)23-16-8-4-6-14(21)10-16/h3-10H,11-12H2,1-2H3,(H,22,24)(H,23,27)(H,25,26). The average Bonchev–Trinajstić information content (AvgIpc) is 2.53. The van der Waals surface area contributed by atoms with Gasteiger partial charge in [0, 0.05) is 23.4 Å². The summed E-state index contributed by atoms with van der Waals surface area (Å²) in [5, 5.41) is 14.1. The third kappa shape index (κ3) is 6.54. The van der Waals surface area contributed by atoms with Crippen LogP contribution in [-0.4, -0.2) is 22.9 Å². The summed E-state index contributed by atoms with van der Waals surface area (Å²) in [5.41, 5.74) is 0.340. The fourth-order valence-electron chi connectivity index (χ4n) is 2.62. The minimum absolute atomic E-state index is 0.0268. The van der Waals surface area contributed by atoms with Crippen LogP contribution in [0.3, 0.4) is 0 Å². The molecule has 0 aliphatic heterocycles. The number of carbonyl (C=O) groups excluding carboxylic acids is 2. The van der Waals surface area contributed by atoms with Gasteiger partial charge in [-0.3, -0.25) is 14.4 Å². The van der Waals surface area contributed by atoms with Crippen LogP contribution in [-0.2, 0) is 9.59 Å². The van der Waals surface area contributed by atoms with Crippen molar-refractivity contribution in [3.8, 4) is 0 Å². The van der Waals surface area contributed by atoms with Crippen LogP contribution in [0.1, 0.15) is 37.0 Å². The molecule has 2 aromatic carbocycles. The van der Waals surface area contributed by atoms with Gasteiger partial charge in [0.15, 0.2) is 0 Å². The first-order chi connectivity index (χ1) is 12.6. The molecule has 142 valence electrons. The number of hydrogen-bond donors (Lipinski definition) is 3. The lowest BCUT2D eigenvalue weighted by Crippen LogP contribution is -2.25. The van der Waals surface area contributed by atoms with Gasteiger partial charge in [0.2, 0.25) is 5.91 Å². The van der Waals surface area contributed by atoms with Gasteiger partial charge in [-0.25, -0.2) is 4.39 Å². The highest BCUT2D eigenvalue weighted by molar-refractivity contribution is 6.05. The van der Waals surface area contributed by atoms with Gasteiger partial charge in [0.05, 0.1) is 6.42 Å². The Morgan fingerprint density at radius 1 is 0.963 bits per heavy atom. The maximum Gasteiger partial charge on any atom is 0.303 e. The van der Waals surface area contributed by atoms with E-state index >= 15 is 0 Å². The zero-order valence-electron chi connectivity index (χ0n) is 15.1. The normalized spacial score (nSPS) is 10.9. The molecule has 7 heteroatoms. The molecule has 2 rings (SSSR count). The predicted molar refractivity (Wildman–Crippen MR) is 100 cm³/mol. The van der Waals surface area contributed by atoms with E-state index in [-0.39, 0.29) is 18.7 Å². The largest absolute Gasteiger partial charge is 0.481 e. The van der Waals surface area contributed by atoms with Gasteiger partial charge < -0.3 is 15.7 Å². The number of nitrogens with one attached hydrogen (secondary N) is 2. The van der Waals surface area contributed by atoms with Crippen molar-refractivity contribution in [3.63, 3.8) is 0 Å². The average molecular weight is 372 g/mol. The Morgan fingerprint density at radius 3 is 2.22 bits per heavy atom. The molecule has 0 radical (unpaired) electrons. The van der Waals surface area contributed by atoms with E-state index in [1.54, 1.807) is 38.1 Å². The van der Waals surface area contributed by atoms with Crippen LogP contribution in [0.5, 0.6) is 0 Å². The van der Waals surface area contributed by atoms with E-state index in [0.29, 0.717) is 16.9 Å². The molecule has 0 aliphatic rings. The van der Waals surface area contributed by atoms with Crippen molar-refractivity contribution in [1.82, 2.24) is 0 Å². The highest BCUT2D eigenvalue weighted by Gasteiger charge is 2.25. The Labute approximate surface area is 156 Å². The Hall–Kier alpha value is -3.22. The van der Waals surface area contributed by atoms with Crippen molar-refractivity contribution < 1.29 is 23.9 Å². The number of carboxylic acids is 1. The second-order valence-electron chi connectivity index (χ2n) is 7.00. The summed E-state index contributed by atoms with van der Waals surface area (Å²) in [6.45, 7) is 3.40. The number of carbonyl (C=O) groups is 3. The van der Waals surface area contributed by atoms with Gasteiger partial charge in [-0.05, 0) is 41.8 Å². The molecule has 6 nitrogen and oxygen atoms in total. The number of anilines is 2. The Kier molecular flexibility index (Phi) is 6.28. The first kappa shape index (κ1) is 20.1. The maximum atomic E-state index is 13.2. The molecule has 0 heterocycles. The number of halogens is 1. The van der Waals surface area contributed by atoms with Crippen LogP contribution in [0.25, 0.3) is 0 Å². The number of amides is 2. The number of rotatable bonds is 7. The summed E-state index contributed by atoms with van der Waals surface area (Å²) in [5.74, 6) is -2.21. The smallest absolute Gasteiger partial charge is 0.303 e. The number of aliphatic carboxylic acids is 1. The minimum Gasteiger partial charge on any atom is -0.481 e. The number of carboxylic acid groups (broad SMARTS) is 1. The SMILES string of the molecule is CC(C)(CC(=O)O)CC(=O)Nc1cccc(C(=O)Nc2cccc(F)c2)c1. The molecule has 0 aliphatic carbocycles. The van der Waals surface area contributed by atoms with E-state index < -0.39 is 23.1 Å². The molecular formula is C20H21FN2O4. The quantitative estimate of drug-likeness (QED) is 0.687. The highest BCUT2D eigenvalue weighted by atomic mass is 19.1. The van der Waals surface area contributed by atoms with Crippen molar-refractivity contribution in [1.29, 1.82) is 0 Å². The Balaban J connectivity index is 2.03. The van der Waals surface area contributed by atoms with Crippen molar-refractivity contribution in [3.05, 3.63) is 59.9 Å². The molecule has 0 aromatic heterocycles. The van der Waals surface area contributed by atoms with Crippen LogP contribution in [0.2, 0.25) is 0 Å². The lowest BCUT2D eigenvalue weighted by Gasteiger charge is -2.21. The topological polar surface area (TPSA) is 95.5 Å². The molecule has 3 N–H and O–H groups in total. The van der Waals surface area contributed by atoms with Crippen LogP contribution < -0.4 is 10.6 Å². The lowest BCUT2D eigenvalue weighted by molar-refractivity contribution is -0.139. The number of hydrogen-bond acceptors (Lipinski definition) is 3. The molecule has 2 amide bonds. The van der Waals surface area contributed by atoms with E-state index in [1.807, 2.05) is 0 Å². The molecule has 2 aromatic rings. The first-order valence-corrected chi connectivity index (χ1v) is 8.33. The lowest BCUT2D eigenvalue weighted by atomic mass is 9.85. The molecule has 0 saturated carbocycles. The maximum absolute atomic E-state index is 13.2. The third-order valence-corrected chi connectivity index (χ3v) is 3.76. The summed E-state index contributed by atoms with van der Waals surface area (Å²) in [4.78, 5) is 35.3. The molecule has 0 saturated heterocycles. The molecule has 0 bridgehead atoms. The zero-order chi connectivity index (χ0) is 20.0. The summed E-state index contributed by atoms with van der Waals surface area (Å²) >= 11 is 0. The summed E-state index contributed by atoms with van der Waals surface area (Å²) in [6.07, 6.45) is -0.102. The Morgan fingerprint density at radius 2 is 1.59 bits per heavy atom. The molecule has 0 unspecified atom stereocenters. The van der Waals surface area contributed by atoms with E-state index in [1.165, 1.54) is 24.3 Å². The predicted octanol–water partition coefficient (Wildman–Crippen LogP) is 3.91. The van der Waals surface area contributed by atoms with E-state index in [4.69, 9.17) is 5.11 Å². The monoisotopic (exact) mass is 372 g/mol. The van der Waals surface area contributed by atoms with Gasteiger partial charge in [0.1, 0.15) is 5.82 Å². The summed E-state index contributed by atoms with van der Waals surface area (Å²) < 4.78 is 13.2. The minimum atomic E-state index is -0.969.